The molecule has 0 spiro atoms. The fourth-order valence-electron chi connectivity index (χ4n) is 0.439. The molecule has 0 aliphatic carbocycles. The Hall–Kier alpha value is -0.920. The summed E-state index contributed by atoms with van der Waals surface area (Å²) in [5.74, 6) is 0.524. The molecule has 0 unspecified atom stereocenters. The average Bonchev–Trinajstić information content (AvgIpc) is 1.98. The minimum absolute atomic E-state index is 0.0790. The lowest BCUT2D eigenvalue weighted by atomic mass is 10.1. The molecule has 2 nitrogen and oxygen atoms in total. The number of rotatable bonds is 3. The molecule has 0 N–H and O–H groups in total. The molecule has 0 aromatic rings. The van der Waals surface area contributed by atoms with Gasteiger partial charge in [-0.3, -0.25) is 9.79 Å². The first-order valence-electron chi connectivity index (χ1n) is 4.17. The fourth-order valence-corrected chi connectivity index (χ4v) is 0.439. The van der Waals surface area contributed by atoms with Crippen molar-refractivity contribution in [2.45, 2.75) is 34.6 Å². The third-order valence-corrected chi connectivity index (χ3v) is 1.85. The van der Waals surface area contributed by atoms with Crippen molar-refractivity contribution in [3.05, 3.63) is 11.8 Å². The Bertz CT molecular complexity index is 224. The molecule has 0 amide bonds. The van der Waals surface area contributed by atoms with Gasteiger partial charge in [-0.05, 0) is 26.7 Å². The molecule has 0 bridgehead atoms. The standard InChI is InChI=1S/C10H17NO/c1-7(2)9(4)11-6-8(3)10(5)12/h6-7H,1-5H3/b8-6+,11-9?. The van der Waals surface area contributed by atoms with Crippen molar-refractivity contribution >= 4 is 11.5 Å². The van der Waals surface area contributed by atoms with Crippen molar-refractivity contribution in [2.75, 3.05) is 0 Å². The van der Waals surface area contributed by atoms with Crippen LogP contribution in [0.25, 0.3) is 0 Å². The van der Waals surface area contributed by atoms with Gasteiger partial charge >= 0.3 is 0 Å². The minimum atomic E-state index is 0.0790. The van der Waals surface area contributed by atoms with Crippen LogP contribution < -0.4 is 0 Å². The van der Waals surface area contributed by atoms with Gasteiger partial charge < -0.3 is 0 Å². The maximum absolute atomic E-state index is 10.8. The summed E-state index contributed by atoms with van der Waals surface area (Å²) in [6.45, 7) is 9.45. The number of allylic oxidation sites excluding steroid dienone is 1. The smallest absolute Gasteiger partial charge is 0.157 e. The largest absolute Gasteiger partial charge is 0.295 e. The van der Waals surface area contributed by atoms with Crippen LogP contribution >= 0.6 is 0 Å². The van der Waals surface area contributed by atoms with Gasteiger partial charge in [0.2, 0.25) is 0 Å². The molecule has 0 atom stereocenters. The Morgan fingerprint density at radius 2 is 1.75 bits per heavy atom. The lowest BCUT2D eigenvalue weighted by molar-refractivity contribution is -0.113. The van der Waals surface area contributed by atoms with Crippen molar-refractivity contribution in [1.29, 1.82) is 0 Å². The SMILES string of the molecule is CC(=O)/C(C)=C/N=C(C)C(C)C. The Labute approximate surface area is 74.4 Å². The van der Waals surface area contributed by atoms with Crippen molar-refractivity contribution < 1.29 is 4.79 Å². The van der Waals surface area contributed by atoms with E-state index in [1.165, 1.54) is 0 Å². The lowest BCUT2D eigenvalue weighted by Gasteiger charge is -2.00. The molecule has 0 fully saturated rings. The third-order valence-electron chi connectivity index (χ3n) is 1.85. The molecular formula is C10H17NO. The van der Waals surface area contributed by atoms with E-state index in [4.69, 9.17) is 0 Å². The number of nitrogens with zero attached hydrogens (tertiary/aromatic N) is 1. The lowest BCUT2D eigenvalue weighted by Crippen LogP contribution is -2.01. The summed E-state index contributed by atoms with van der Waals surface area (Å²) >= 11 is 0. The summed E-state index contributed by atoms with van der Waals surface area (Å²) in [7, 11) is 0. The molecule has 0 rings (SSSR count). The van der Waals surface area contributed by atoms with Crippen LogP contribution in [0.5, 0.6) is 0 Å². The molecule has 0 aliphatic rings. The molecule has 0 saturated carbocycles. The van der Waals surface area contributed by atoms with Gasteiger partial charge in [-0.15, -0.1) is 0 Å². The summed E-state index contributed by atoms with van der Waals surface area (Å²) in [5.41, 5.74) is 1.76. The molecule has 2 heteroatoms. The van der Waals surface area contributed by atoms with Crippen molar-refractivity contribution in [2.24, 2.45) is 10.9 Å². The summed E-state index contributed by atoms with van der Waals surface area (Å²) in [6.07, 6.45) is 1.64. The molecule has 68 valence electrons. The molecule has 0 aliphatic heterocycles. The number of Topliss-reactive ketones (excluding diaryl/α,β-unsaturated/α-hetero) is 1. The zero-order chi connectivity index (χ0) is 9.72. The van der Waals surface area contributed by atoms with Gasteiger partial charge in [-0.25, -0.2) is 0 Å². The quantitative estimate of drug-likeness (QED) is 0.469. The fraction of sp³-hybridized carbons (Fsp3) is 0.600. The predicted molar refractivity (Wildman–Crippen MR) is 52.4 cm³/mol. The van der Waals surface area contributed by atoms with Crippen molar-refractivity contribution in [3.8, 4) is 0 Å². The van der Waals surface area contributed by atoms with Crippen LogP contribution in [-0.4, -0.2) is 11.5 Å². The molecule has 0 radical (unpaired) electrons. The van der Waals surface area contributed by atoms with Gasteiger partial charge in [-0.2, -0.15) is 0 Å². The van der Waals surface area contributed by atoms with E-state index < -0.39 is 0 Å². The second-order valence-corrected chi connectivity index (χ2v) is 3.29. The Kier molecular flexibility index (Phi) is 4.49. The van der Waals surface area contributed by atoms with Crippen molar-refractivity contribution in [3.63, 3.8) is 0 Å². The maximum Gasteiger partial charge on any atom is 0.157 e. The van der Waals surface area contributed by atoms with E-state index in [2.05, 4.69) is 18.8 Å². The van der Waals surface area contributed by atoms with E-state index >= 15 is 0 Å². The van der Waals surface area contributed by atoms with Gasteiger partial charge in [0.15, 0.2) is 5.78 Å². The molecule has 0 saturated heterocycles. The minimum Gasteiger partial charge on any atom is -0.295 e. The Morgan fingerprint density at radius 1 is 1.25 bits per heavy atom. The molecule has 0 heterocycles. The van der Waals surface area contributed by atoms with E-state index in [0.29, 0.717) is 11.5 Å². The average molecular weight is 167 g/mol. The first-order valence-corrected chi connectivity index (χ1v) is 4.17. The van der Waals surface area contributed by atoms with Crippen LogP contribution in [0.4, 0.5) is 0 Å². The van der Waals surface area contributed by atoms with E-state index in [1.807, 2.05) is 6.92 Å². The molecule has 12 heavy (non-hydrogen) atoms. The van der Waals surface area contributed by atoms with Crippen LogP contribution in [0.1, 0.15) is 34.6 Å². The highest BCUT2D eigenvalue weighted by Gasteiger charge is 1.97. The highest BCUT2D eigenvalue weighted by molar-refractivity contribution is 5.93. The summed E-state index contributed by atoms with van der Waals surface area (Å²) < 4.78 is 0. The first-order chi connectivity index (χ1) is 5.45. The summed E-state index contributed by atoms with van der Waals surface area (Å²) in [4.78, 5) is 15.0. The summed E-state index contributed by atoms with van der Waals surface area (Å²) in [5, 5.41) is 0. The van der Waals surface area contributed by atoms with E-state index in [0.717, 1.165) is 5.71 Å². The van der Waals surface area contributed by atoms with Gasteiger partial charge in [0.1, 0.15) is 0 Å². The topological polar surface area (TPSA) is 29.4 Å². The molecule has 0 aromatic carbocycles. The maximum atomic E-state index is 10.8. The zero-order valence-electron chi connectivity index (χ0n) is 8.51. The van der Waals surface area contributed by atoms with Crippen molar-refractivity contribution in [1.82, 2.24) is 0 Å². The third kappa shape index (κ3) is 4.06. The van der Waals surface area contributed by atoms with E-state index in [1.54, 1.807) is 20.0 Å². The van der Waals surface area contributed by atoms with Crippen LogP contribution in [0.15, 0.2) is 16.8 Å². The molecular weight excluding hydrogens is 150 g/mol. The van der Waals surface area contributed by atoms with Gasteiger partial charge in [0, 0.05) is 17.5 Å². The van der Waals surface area contributed by atoms with Gasteiger partial charge in [0.05, 0.1) is 0 Å². The number of carbonyl (C=O) groups excluding carboxylic acids is 1. The molecule has 0 aromatic heterocycles. The highest BCUT2D eigenvalue weighted by Crippen LogP contribution is 1.99. The number of aliphatic imine (C=N–C) groups is 1. The Balaban J connectivity index is 4.38. The normalized spacial score (nSPS) is 13.8. The second kappa shape index (κ2) is 4.86. The second-order valence-electron chi connectivity index (χ2n) is 3.29. The van der Waals surface area contributed by atoms with Crippen LogP contribution in [0, 0.1) is 5.92 Å². The monoisotopic (exact) mass is 167 g/mol. The van der Waals surface area contributed by atoms with Crippen LogP contribution in [-0.2, 0) is 4.79 Å². The van der Waals surface area contributed by atoms with E-state index in [9.17, 15) is 4.79 Å². The zero-order valence-corrected chi connectivity index (χ0v) is 8.51. The van der Waals surface area contributed by atoms with Crippen LogP contribution in [0.2, 0.25) is 0 Å². The highest BCUT2D eigenvalue weighted by atomic mass is 16.1. The van der Waals surface area contributed by atoms with Gasteiger partial charge in [-0.1, -0.05) is 13.8 Å². The number of ketones is 1. The van der Waals surface area contributed by atoms with Gasteiger partial charge in [0.25, 0.3) is 0 Å². The van der Waals surface area contributed by atoms with Crippen LogP contribution in [0.3, 0.4) is 0 Å². The Morgan fingerprint density at radius 3 is 2.08 bits per heavy atom. The number of carbonyl (C=O) groups is 1. The predicted octanol–water partition coefficient (Wildman–Crippen LogP) is 2.60. The number of hydrogen-bond donors (Lipinski definition) is 0. The summed E-state index contributed by atoms with van der Waals surface area (Å²) in [6, 6.07) is 0. The number of hydrogen-bond acceptors (Lipinski definition) is 2. The first kappa shape index (κ1) is 11.1. The van der Waals surface area contributed by atoms with E-state index in [-0.39, 0.29) is 5.78 Å².